The van der Waals surface area contributed by atoms with Crippen molar-refractivity contribution in [2.24, 2.45) is 5.92 Å². The molecule has 0 aliphatic carbocycles. The molecular weight excluding hydrogens is 590 g/mol. The van der Waals surface area contributed by atoms with Crippen molar-refractivity contribution >= 4 is 33.2 Å². The summed E-state index contributed by atoms with van der Waals surface area (Å²) in [4.78, 5) is 32.6. The number of nitrogens with zero attached hydrogens (tertiary/aromatic N) is 3. The Morgan fingerprint density at radius 1 is 0.822 bits per heavy atom. The summed E-state index contributed by atoms with van der Waals surface area (Å²) in [5.41, 5.74) is 3.11. The molecule has 4 aromatic carbocycles. The second-order valence-electron chi connectivity index (χ2n) is 10.9. The molecule has 0 aliphatic heterocycles. The Hall–Kier alpha value is -5.29. The largest absolute Gasteiger partial charge is 0.373 e. The lowest BCUT2D eigenvalue weighted by atomic mass is 10.1. The number of hydrogen-bond acceptors (Lipinski definition) is 8. The number of sulfonamides is 1. The summed E-state index contributed by atoms with van der Waals surface area (Å²) in [6.07, 6.45) is 0.980. The van der Waals surface area contributed by atoms with Gasteiger partial charge in [0.15, 0.2) is 0 Å². The Labute approximate surface area is 262 Å². The molecule has 2 N–H and O–H groups in total. The molecule has 0 atom stereocenters. The average molecular weight is 624 g/mol. The van der Waals surface area contributed by atoms with Crippen LogP contribution in [0, 0.1) is 5.92 Å². The monoisotopic (exact) mass is 623 g/mol. The molecule has 0 radical (unpaired) electrons. The van der Waals surface area contributed by atoms with Crippen LogP contribution in [0.25, 0.3) is 22.8 Å². The standard InChI is InChI=1S/C34H33N5O5S/c1-23(2)19-20-39(3)30-18-17-25(22-29(30)35-32(40)24-11-6-4-7-12-24)31-36-34(44-37-31)27-14-10-13-26(21-27)33(41)38-45(42,43)28-15-8-5-9-16-28/h4-18,21-23H,19-20H2,1-3H3,(H,35,40)(H,38,41). The molecule has 0 fully saturated rings. The first-order chi connectivity index (χ1) is 21.6. The molecule has 0 spiro atoms. The third-order valence-electron chi connectivity index (χ3n) is 7.07. The highest BCUT2D eigenvalue weighted by Crippen LogP contribution is 2.32. The van der Waals surface area contributed by atoms with Gasteiger partial charge in [-0.15, -0.1) is 0 Å². The van der Waals surface area contributed by atoms with Crippen LogP contribution in [0.15, 0.2) is 113 Å². The summed E-state index contributed by atoms with van der Waals surface area (Å²) in [6.45, 7) is 5.13. The third-order valence-corrected chi connectivity index (χ3v) is 8.42. The van der Waals surface area contributed by atoms with Crippen LogP contribution in [0.2, 0.25) is 0 Å². The van der Waals surface area contributed by atoms with Gasteiger partial charge in [-0.05, 0) is 73.0 Å². The van der Waals surface area contributed by atoms with Gasteiger partial charge >= 0.3 is 0 Å². The van der Waals surface area contributed by atoms with Gasteiger partial charge in [0.05, 0.1) is 16.3 Å². The Morgan fingerprint density at radius 3 is 2.22 bits per heavy atom. The summed E-state index contributed by atoms with van der Waals surface area (Å²) in [7, 11) is -2.07. The summed E-state index contributed by atoms with van der Waals surface area (Å²) >= 11 is 0. The van der Waals surface area contributed by atoms with Gasteiger partial charge in [-0.3, -0.25) is 9.59 Å². The average Bonchev–Trinajstić information content (AvgIpc) is 3.55. The van der Waals surface area contributed by atoms with Crippen molar-refractivity contribution in [1.29, 1.82) is 0 Å². The number of hydrogen-bond donors (Lipinski definition) is 2. The van der Waals surface area contributed by atoms with Gasteiger partial charge in [0.25, 0.3) is 27.7 Å². The molecule has 11 heteroatoms. The molecule has 0 saturated carbocycles. The predicted octanol–water partition coefficient (Wildman–Crippen LogP) is 6.26. The van der Waals surface area contributed by atoms with Crippen LogP contribution in [0.3, 0.4) is 0 Å². The second kappa shape index (κ2) is 13.6. The van der Waals surface area contributed by atoms with E-state index in [0.29, 0.717) is 28.3 Å². The van der Waals surface area contributed by atoms with Crippen molar-refractivity contribution in [2.45, 2.75) is 25.2 Å². The number of rotatable bonds is 11. The number of benzene rings is 4. The summed E-state index contributed by atoms with van der Waals surface area (Å²) < 4.78 is 32.9. The highest BCUT2D eigenvalue weighted by atomic mass is 32.2. The number of carbonyl (C=O) groups is 2. The van der Waals surface area contributed by atoms with E-state index >= 15 is 0 Å². The molecule has 45 heavy (non-hydrogen) atoms. The van der Waals surface area contributed by atoms with Crippen LogP contribution in [0.1, 0.15) is 41.0 Å². The fourth-order valence-corrected chi connectivity index (χ4v) is 5.55. The van der Waals surface area contributed by atoms with Gasteiger partial charge in [-0.1, -0.05) is 61.5 Å². The van der Waals surface area contributed by atoms with Crippen LogP contribution >= 0.6 is 0 Å². The zero-order chi connectivity index (χ0) is 32.0. The van der Waals surface area contributed by atoms with Crippen molar-refractivity contribution in [2.75, 3.05) is 23.8 Å². The molecule has 230 valence electrons. The highest BCUT2D eigenvalue weighted by Gasteiger charge is 2.20. The lowest BCUT2D eigenvalue weighted by Gasteiger charge is -2.24. The van der Waals surface area contributed by atoms with Crippen molar-refractivity contribution in [1.82, 2.24) is 14.9 Å². The first-order valence-corrected chi connectivity index (χ1v) is 15.9. The summed E-state index contributed by atoms with van der Waals surface area (Å²) in [5.74, 6) is -0.109. The van der Waals surface area contributed by atoms with Crippen LogP contribution < -0.4 is 14.9 Å². The minimum absolute atomic E-state index is 0.0208. The topological polar surface area (TPSA) is 134 Å². The van der Waals surface area contributed by atoms with Crippen LogP contribution in [0.5, 0.6) is 0 Å². The molecule has 1 aromatic heterocycles. The molecule has 0 bridgehead atoms. The van der Waals surface area contributed by atoms with Crippen LogP contribution in [0.4, 0.5) is 11.4 Å². The number of aromatic nitrogens is 2. The van der Waals surface area contributed by atoms with E-state index in [0.717, 1.165) is 18.7 Å². The fourth-order valence-electron chi connectivity index (χ4n) is 4.56. The van der Waals surface area contributed by atoms with E-state index < -0.39 is 15.9 Å². The SMILES string of the molecule is CC(C)CCN(C)c1ccc(-c2noc(-c3cccc(C(=O)NS(=O)(=O)c4ccccc4)c3)n2)cc1NC(=O)c1ccccc1. The van der Waals surface area contributed by atoms with E-state index in [-0.39, 0.29) is 28.1 Å². The van der Waals surface area contributed by atoms with Crippen molar-refractivity contribution in [3.63, 3.8) is 0 Å². The molecule has 10 nitrogen and oxygen atoms in total. The number of anilines is 2. The van der Waals surface area contributed by atoms with E-state index in [2.05, 4.69) is 38.9 Å². The van der Waals surface area contributed by atoms with E-state index in [1.54, 1.807) is 48.5 Å². The molecule has 5 rings (SSSR count). The Bertz CT molecular complexity index is 1910. The zero-order valence-electron chi connectivity index (χ0n) is 25.1. The van der Waals surface area contributed by atoms with Crippen molar-refractivity contribution in [3.8, 4) is 22.8 Å². The minimum atomic E-state index is -4.05. The van der Waals surface area contributed by atoms with Crippen LogP contribution in [-0.4, -0.2) is 44.0 Å². The van der Waals surface area contributed by atoms with Gasteiger partial charge in [-0.25, -0.2) is 13.1 Å². The van der Waals surface area contributed by atoms with Gasteiger partial charge in [0.1, 0.15) is 0 Å². The maximum atomic E-state index is 13.1. The van der Waals surface area contributed by atoms with Gasteiger partial charge in [0, 0.05) is 35.8 Å². The predicted molar refractivity (Wildman–Crippen MR) is 173 cm³/mol. The smallest absolute Gasteiger partial charge is 0.265 e. The summed E-state index contributed by atoms with van der Waals surface area (Å²) in [5, 5.41) is 7.17. The maximum Gasteiger partial charge on any atom is 0.265 e. The Kier molecular flexibility index (Phi) is 9.39. The minimum Gasteiger partial charge on any atom is -0.373 e. The highest BCUT2D eigenvalue weighted by molar-refractivity contribution is 7.90. The first kappa shape index (κ1) is 31.1. The molecule has 2 amide bonds. The zero-order valence-corrected chi connectivity index (χ0v) is 25.9. The van der Waals surface area contributed by atoms with Gasteiger partial charge < -0.3 is 14.7 Å². The molecule has 1 heterocycles. The quantitative estimate of drug-likeness (QED) is 0.176. The maximum absolute atomic E-state index is 13.1. The van der Waals surface area contributed by atoms with Gasteiger partial charge in [-0.2, -0.15) is 4.98 Å². The second-order valence-corrected chi connectivity index (χ2v) is 12.6. The molecule has 5 aromatic rings. The lowest BCUT2D eigenvalue weighted by molar-refractivity contribution is 0.0979. The Morgan fingerprint density at radius 2 is 1.51 bits per heavy atom. The van der Waals surface area contributed by atoms with E-state index in [4.69, 9.17) is 4.52 Å². The first-order valence-electron chi connectivity index (χ1n) is 14.4. The number of nitrogens with one attached hydrogen (secondary N) is 2. The van der Waals surface area contributed by atoms with Crippen molar-refractivity contribution < 1.29 is 22.5 Å². The molecule has 0 unspecified atom stereocenters. The van der Waals surface area contributed by atoms with Crippen molar-refractivity contribution in [3.05, 3.63) is 114 Å². The third kappa shape index (κ3) is 7.63. The van der Waals surface area contributed by atoms with Gasteiger partial charge in [0.2, 0.25) is 5.82 Å². The lowest BCUT2D eigenvalue weighted by Crippen LogP contribution is -2.30. The van der Waals surface area contributed by atoms with Crippen LogP contribution in [-0.2, 0) is 10.0 Å². The van der Waals surface area contributed by atoms with E-state index in [1.165, 1.54) is 24.3 Å². The molecule has 0 saturated heterocycles. The number of carbonyl (C=O) groups excluding carboxylic acids is 2. The Balaban J connectivity index is 1.40. The molecular formula is C34H33N5O5S. The van der Waals surface area contributed by atoms with E-state index in [9.17, 15) is 18.0 Å². The molecule has 0 aliphatic rings. The van der Waals surface area contributed by atoms with E-state index in [1.807, 2.05) is 37.4 Å². The number of amides is 2. The summed E-state index contributed by atoms with van der Waals surface area (Å²) in [6, 6.07) is 28.4. The fraction of sp³-hybridized carbons (Fsp3) is 0.176. The normalized spacial score (nSPS) is 11.3.